The summed E-state index contributed by atoms with van der Waals surface area (Å²) in [5.41, 5.74) is 1.79. The lowest BCUT2D eigenvalue weighted by atomic mass is 9.72. The molecule has 2 aliphatic carbocycles. The first-order valence-corrected chi connectivity index (χ1v) is 8.55. The zero-order valence-corrected chi connectivity index (χ0v) is 14.4. The van der Waals surface area contributed by atoms with Gasteiger partial charge in [-0.2, -0.15) is 0 Å². The molecule has 0 bridgehead atoms. The molecular formula is C17H18BrClO2. The molecule has 1 aromatic carbocycles. The molecule has 3 rings (SSSR count). The van der Waals surface area contributed by atoms with Crippen LogP contribution in [0.1, 0.15) is 49.7 Å². The van der Waals surface area contributed by atoms with E-state index in [4.69, 9.17) is 11.6 Å². The summed E-state index contributed by atoms with van der Waals surface area (Å²) < 4.78 is 0.911. The molecule has 0 unspecified atom stereocenters. The van der Waals surface area contributed by atoms with Crippen LogP contribution in [-0.2, 0) is 4.79 Å². The number of aliphatic hydroxyl groups is 1. The average molecular weight is 370 g/mol. The fourth-order valence-corrected chi connectivity index (χ4v) is 4.38. The van der Waals surface area contributed by atoms with E-state index < -0.39 is 0 Å². The van der Waals surface area contributed by atoms with E-state index in [0.717, 1.165) is 35.7 Å². The molecule has 0 aromatic heterocycles. The highest BCUT2D eigenvalue weighted by molar-refractivity contribution is 9.10. The molecule has 4 heteroatoms. The predicted octanol–water partition coefficient (Wildman–Crippen LogP) is 5.60. The molecule has 1 aromatic rings. The lowest BCUT2D eigenvalue weighted by Crippen LogP contribution is -2.24. The van der Waals surface area contributed by atoms with Crippen LogP contribution in [0.25, 0.3) is 5.57 Å². The Balaban J connectivity index is 2.12. The molecule has 112 valence electrons. The summed E-state index contributed by atoms with van der Waals surface area (Å²) in [6.07, 6.45) is 5.59. The molecule has 0 saturated heterocycles. The number of halogens is 2. The van der Waals surface area contributed by atoms with Gasteiger partial charge in [-0.15, -0.1) is 0 Å². The maximum atomic E-state index is 12.5. The fourth-order valence-electron chi connectivity index (χ4n) is 3.65. The first-order valence-electron chi connectivity index (χ1n) is 7.37. The Morgan fingerprint density at radius 1 is 1.24 bits per heavy atom. The molecule has 0 heterocycles. The number of benzene rings is 1. The Labute approximate surface area is 138 Å². The molecule has 0 amide bonds. The molecule has 0 radical (unpaired) electrons. The zero-order valence-electron chi connectivity index (χ0n) is 12.0. The summed E-state index contributed by atoms with van der Waals surface area (Å²) in [5, 5.41) is 11.3. The van der Waals surface area contributed by atoms with Crippen molar-refractivity contribution in [2.75, 3.05) is 0 Å². The number of carbonyl (C=O) groups is 1. The van der Waals surface area contributed by atoms with Crippen LogP contribution in [0, 0.1) is 12.3 Å². The van der Waals surface area contributed by atoms with E-state index in [9.17, 15) is 9.90 Å². The second kappa shape index (κ2) is 5.44. The van der Waals surface area contributed by atoms with Crippen LogP contribution in [0.15, 0.2) is 22.4 Å². The van der Waals surface area contributed by atoms with Gasteiger partial charge >= 0.3 is 0 Å². The van der Waals surface area contributed by atoms with E-state index in [0.29, 0.717) is 22.6 Å². The molecule has 1 N–H and O–H groups in total. The van der Waals surface area contributed by atoms with Crippen LogP contribution in [0.3, 0.4) is 0 Å². The summed E-state index contributed by atoms with van der Waals surface area (Å²) in [7, 11) is 0. The molecule has 1 fully saturated rings. The predicted molar refractivity (Wildman–Crippen MR) is 88.6 cm³/mol. The van der Waals surface area contributed by atoms with E-state index in [-0.39, 0.29) is 17.0 Å². The van der Waals surface area contributed by atoms with Gasteiger partial charge < -0.3 is 5.11 Å². The number of aliphatic hydroxyl groups excluding tert-OH is 1. The van der Waals surface area contributed by atoms with Gasteiger partial charge in [0.1, 0.15) is 5.76 Å². The summed E-state index contributed by atoms with van der Waals surface area (Å²) in [6, 6.07) is 3.68. The average Bonchev–Trinajstić information content (AvgIpc) is 2.67. The molecule has 0 aliphatic heterocycles. The SMILES string of the molecule is Cc1cc(C2=C(O)C3(CCCCC3)CC2=O)c(Cl)cc1Br. The van der Waals surface area contributed by atoms with Crippen molar-refractivity contribution in [3.8, 4) is 0 Å². The van der Waals surface area contributed by atoms with E-state index in [1.54, 1.807) is 6.07 Å². The van der Waals surface area contributed by atoms with Gasteiger partial charge in [-0.3, -0.25) is 4.79 Å². The van der Waals surface area contributed by atoms with Crippen LogP contribution < -0.4 is 0 Å². The number of hydrogen-bond acceptors (Lipinski definition) is 2. The first-order chi connectivity index (χ1) is 9.94. The minimum absolute atomic E-state index is 0.0259. The van der Waals surface area contributed by atoms with Crippen molar-refractivity contribution in [1.29, 1.82) is 0 Å². The van der Waals surface area contributed by atoms with Gasteiger partial charge in [-0.1, -0.05) is 46.8 Å². The van der Waals surface area contributed by atoms with Crippen molar-refractivity contribution in [1.82, 2.24) is 0 Å². The monoisotopic (exact) mass is 368 g/mol. The van der Waals surface area contributed by atoms with Crippen molar-refractivity contribution < 1.29 is 9.90 Å². The van der Waals surface area contributed by atoms with Gasteiger partial charge in [0.15, 0.2) is 5.78 Å². The van der Waals surface area contributed by atoms with Crippen LogP contribution >= 0.6 is 27.5 Å². The smallest absolute Gasteiger partial charge is 0.167 e. The number of aryl methyl sites for hydroxylation is 1. The molecule has 1 spiro atoms. The number of rotatable bonds is 1. The quantitative estimate of drug-likeness (QED) is 0.699. The maximum absolute atomic E-state index is 12.5. The third kappa shape index (κ3) is 2.44. The topological polar surface area (TPSA) is 37.3 Å². The third-order valence-electron chi connectivity index (χ3n) is 4.85. The number of Topliss-reactive ketones (excluding diaryl/α,β-unsaturated/α-hetero) is 1. The summed E-state index contributed by atoms with van der Waals surface area (Å²) in [4.78, 5) is 12.5. The minimum atomic E-state index is -0.324. The lowest BCUT2D eigenvalue weighted by molar-refractivity contribution is -0.114. The normalized spacial score (nSPS) is 21.4. The summed E-state index contributed by atoms with van der Waals surface area (Å²) >= 11 is 9.75. The maximum Gasteiger partial charge on any atom is 0.167 e. The molecule has 2 nitrogen and oxygen atoms in total. The Hall–Kier alpha value is -0.800. The van der Waals surface area contributed by atoms with Gasteiger partial charge in [0, 0.05) is 26.9 Å². The molecule has 21 heavy (non-hydrogen) atoms. The number of carbonyl (C=O) groups excluding carboxylic acids is 1. The fraction of sp³-hybridized carbons (Fsp3) is 0.471. The van der Waals surface area contributed by atoms with E-state index in [1.165, 1.54) is 6.42 Å². The van der Waals surface area contributed by atoms with Crippen LogP contribution in [-0.4, -0.2) is 10.9 Å². The number of ketones is 1. The molecule has 0 atom stereocenters. The largest absolute Gasteiger partial charge is 0.511 e. The minimum Gasteiger partial charge on any atom is -0.511 e. The number of hydrogen-bond donors (Lipinski definition) is 1. The van der Waals surface area contributed by atoms with Crippen molar-refractivity contribution in [2.45, 2.75) is 45.4 Å². The Morgan fingerprint density at radius 2 is 1.90 bits per heavy atom. The van der Waals surface area contributed by atoms with Gasteiger partial charge in [0.2, 0.25) is 0 Å². The van der Waals surface area contributed by atoms with Crippen molar-refractivity contribution in [3.05, 3.63) is 38.5 Å². The molecule has 2 aliphatic rings. The summed E-state index contributed by atoms with van der Waals surface area (Å²) in [6.45, 7) is 1.96. The van der Waals surface area contributed by atoms with Crippen molar-refractivity contribution >= 4 is 38.9 Å². The van der Waals surface area contributed by atoms with Gasteiger partial charge in [0.25, 0.3) is 0 Å². The molecular weight excluding hydrogens is 352 g/mol. The third-order valence-corrected chi connectivity index (χ3v) is 6.01. The second-order valence-corrected chi connectivity index (χ2v) is 7.51. The standard InChI is InChI=1S/C17H18BrClO2/c1-10-7-11(13(19)8-12(10)18)15-14(20)9-17(16(15)21)5-3-2-4-6-17/h7-8,21H,2-6,9H2,1H3. The van der Waals surface area contributed by atoms with Crippen LogP contribution in [0.5, 0.6) is 0 Å². The van der Waals surface area contributed by atoms with Crippen molar-refractivity contribution in [3.63, 3.8) is 0 Å². The second-order valence-electron chi connectivity index (χ2n) is 6.25. The van der Waals surface area contributed by atoms with Crippen LogP contribution in [0.4, 0.5) is 0 Å². The van der Waals surface area contributed by atoms with Gasteiger partial charge in [0.05, 0.1) is 5.57 Å². The number of allylic oxidation sites excluding steroid dienone is 2. The zero-order chi connectivity index (χ0) is 15.2. The van der Waals surface area contributed by atoms with Gasteiger partial charge in [-0.25, -0.2) is 0 Å². The first kappa shape index (κ1) is 15.1. The van der Waals surface area contributed by atoms with E-state index >= 15 is 0 Å². The highest BCUT2D eigenvalue weighted by Crippen LogP contribution is 2.52. The Kier molecular flexibility index (Phi) is 3.91. The van der Waals surface area contributed by atoms with Crippen LogP contribution in [0.2, 0.25) is 5.02 Å². The van der Waals surface area contributed by atoms with E-state index in [1.807, 2.05) is 13.0 Å². The highest BCUT2D eigenvalue weighted by atomic mass is 79.9. The van der Waals surface area contributed by atoms with Crippen molar-refractivity contribution in [2.24, 2.45) is 5.41 Å². The summed E-state index contributed by atoms with van der Waals surface area (Å²) in [5.74, 6) is 0.300. The van der Waals surface area contributed by atoms with Gasteiger partial charge in [-0.05, 0) is 37.5 Å². The Morgan fingerprint density at radius 3 is 2.57 bits per heavy atom. The Bertz CT molecular complexity index is 642. The highest BCUT2D eigenvalue weighted by Gasteiger charge is 2.46. The van der Waals surface area contributed by atoms with E-state index in [2.05, 4.69) is 15.9 Å². The molecule has 1 saturated carbocycles. The lowest BCUT2D eigenvalue weighted by Gasteiger charge is -2.32.